The van der Waals surface area contributed by atoms with Gasteiger partial charge in [0.15, 0.2) is 0 Å². The van der Waals surface area contributed by atoms with Crippen molar-refractivity contribution in [3.8, 4) is 0 Å². The van der Waals surface area contributed by atoms with Gasteiger partial charge in [-0.15, -0.1) is 0 Å². The summed E-state index contributed by atoms with van der Waals surface area (Å²) in [5.74, 6) is 0. The van der Waals surface area contributed by atoms with Crippen molar-refractivity contribution in [1.29, 1.82) is 0 Å². The number of hydrogen-bond acceptors (Lipinski definition) is 0. The van der Waals surface area contributed by atoms with Gasteiger partial charge in [-0.05, 0) is 0 Å². The Bertz CT molecular complexity index is 311. The molecule has 2 aliphatic rings. The number of hydrogen-bond donors (Lipinski definition) is 0. The predicted octanol–water partition coefficient (Wildman–Crippen LogP) is 4.86. The van der Waals surface area contributed by atoms with E-state index < -0.39 is 41.0 Å². The Morgan fingerprint density at radius 2 is 1.06 bits per heavy atom. The van der Waals surface area contributed by atoms with E-state index in [0.717, 1.165) is 0 Å². The van der Waals surface area contributed by atoms with Crippen LogP contribution in [0.2, 0.25) is 0.772 Å². The van der Waals surface area contributed by atoms with E-state index in [1.54, 1.807) is 0 Å². The van der Waals surface area contributed by atoms with Gasteiger partial charge in [0, 0.05) is 0 Å². The zero-order valence-electron chi connectivity index (χ0n) is 11.2. The molecule has 1 heteroatoms. The summed E-state index contributed by atoms with van der Waals surface area (Å²) in [5, 5.41) is 0. The van der Waals surface area contributed by atoms with Crippen LogP contribution in [0.3, 0.4) is 0 Å². The Morgan fingerprint density at radius 1 is 0.706 bits per heavy atom. The first kappa shape index (κ1) is 13.9. The van der Waals surface area contributed by atoms with Crippen molar-refractivity contribution in [1.82, 2.24) is 0 Å². The Morgan fingerprint density at radius 3 is 1.35 bits per heavy atom. The molecule has 0 aliphatic heterocycles. The second-order valence-corrected chi connectivity index (χ2v) is 12.9. The third kappa shape index (κ3) is 3.26. The molecule has 88 valence electrons. The van der Waals surface area contributed by atoms with Crippen LogP contribution in [0.5, 0.6) is 0 Å². The molecule has 0 unspecified atom stereocenters. The maximum atomic E-state index is 2.50. The molecule has 0 bridgehead atoms. The minimum atomic E-state index is -0.964. The summed E-state index contributed by atoms with van der Waals surface area (Å²) in [5.41, 5.74) is 0. The quantitative estimate of drug-likeness (QED) is 0.615. The summed E-state index contributed by atoms with van der Waals surface area (Å²) in [6.45, 7) is 4.64. The Labute approximate surface area is 128 Å². The van der Waals surface area contributed by atoms with Crippen LogP contribution in [0.15, 0.2) is 48.6 Å². The van der Waals surface area contributed by atoms with E-state index >= 15 is 0 Å². The molecule has 17 heavy (non-hydrogen) atoms. The summed E-state index contributed by atoms with van der Waals surface area (Å²) in [4.78, 5) is 0. The normalized spacial score (nSPS) is 22.2. The van der Waals surface area contributed by atoms with Crippen molar-refractivity contribution in [3.63, 3.8) is 0 Å². The number of rotatable bonds is 6. The zero-order valence-corrected chi connectivity index (χ0v) is 14.6. The molecule has 0 heterocycles. The van der Waals surface area contributed by atoms with E-state index in [9.17, 15) is 0 Å². The van der Waals surface area contributed by atoms with Crippen LogP contribution in [0.1, 0.15) is 39.5 Å². The van der Waals surface area contributed by atoms with Gasteiger partial charge in [-0.3, -0.25) is 0 Å². The molecule has 0 aromatic carbocycles. The fraction of sp³-hybridized carbons (Fsp3) is 0.500. The van der Waals surface area contributed by atoms with Gasteiger partial charge in [-0.2, -0.15) is 0 Å². The molecule has 0 radical (unpaired) electrons. The molecular weight excluding hydrogens is 280 g/mol. The molecular formula is C16H22Sr. The SMILES string of the molecule is CCC[C]1([Sr][C]2(CCC)C=CC=C2)C=CC=C1. The topological polar surface area (TPSA) is 0 Å². The van der Waals surface area contributed by atoms with Crippen molar-refractivity contribution in [2.75, 3.05) is 0 Å². The molecule has 0 N–H and O–H groups in total. The zero-order chi connectivity index (χ0) is 12.2. The Hall–Kier alpha value is 0.441. The van der Waals surface area contributed by atoms with Gasteiger partial charge >= 0.3 is 130 Å². The van der Waals surface area contributed by atoms with Crippen LogP contribution in [0.25, 0.3) is 0 Å². The van der Waals surface area contributed by atoms with Crippen LogP contribution in [-0.4, -0.2) is 41.0 Å². The first-order chi connectivity index (χ1) is 8.24. The fourth-order valence-corrected chi connectivity index (χ4v) is 11.5. The molecule has 0 saturated heterocycles. The molecule has 0 amide bonds. The van der Waals surface area contributed by atoms with Crippen molar-refractivity contribution in [3.05, 3.63) is 48.6 Å². The van der Waals surface area contributed by atoms with Crippen LogP contribution in [0.4, 0.5) is 0 Å². The van der Waals surface area contributed by atoms with Crippen molar-refractivity contribution >= 4 is 41.0 Å². The third-order valence-corrected chi connectivity index (χ3v) is 11.3. The van der Waals surface area contributed by atoms with Crippen LogP contribution < -0.4 is 0 Å². The molecule has 0 nitrogen and oxygen atoms in total. The van der Waals surface area contributed by atoms with Gasteiger partial charge in [0.05, 0.1) is 0 Å². The van der Waals surface area contributed by atoms with Crippen molar-refractivity contribution in [2.45, 2.75) is 40.3 Å². The molecule has 2 aliphatic carbocycles. The first-order valence-corrected chi connectivity index (χ1v) is 10.5. The van der Waals surface area contributed by atoms with E-state index in [-0.39, 0.29) is 0 Å². The molecule has 0 aromatic heterocycles. The summed E-state index contributed by atoms with van der Waals surface area (Å²) < 4.78 is 1.04. The fourth-order valence-electron chi connectivity index (χ4n) is 3.39. The molecule has 0 spiro atoms. The van der Waals surface area contributed by atoms with E-state index in [4.69, 9.17) is 0 Å². The second-order valence-electron chi connectivity index (χ2n) is 5.58. The van der Waals surface area contributed by atoms with Crippen LogP contribution >= 0.6 is 0 Å². The standard InChI is InChI=1S/2C8H11.Sr/c2*1-2-5-8-6-3-4-7-8;/h2*3-4,6-7H,2,5H2,1H3;. The number of allylic oxidation sites excluding steroid dienone is 8. The van der Waals surface area contributed by atoms with E-state index in [0.29, 0.717) is 0.772 Å². The van der Waals surface area contributed by atoms with Gasteiger partial charge in [-0.25, -0.2) is 0 Å². The molecule has 0 saturated carbocycles. The second kappa shape index (κ2) is 6.06. The van der Waals surface area contributed by atoms with Crippen molar-refractivity contribution in [2.24, 2.45) is 0 Å². The van der Waals surface area contributed by atoms with E-state index in [1.165, 1.54) is 25.7 Å². The van der Waals surface area contributed by atoms with Gasteiger partial charge in [-0.1, -0.05) is 0 Å². The van der Waals surface area contributed by atoms with Gasteiger partial charge in [0.1, 0.15) is 0 Å². The summed E-state index contributed by atoms with van der Waals surface area (Å²) in [6, 6.07) is 0. The molecule has 0 fully saturated rings. The molecule has 0 atom stereocenters. The van der Waals surface area contributed by atoms with Gasteiger partial charge in [0.25, 0.3) is 0 Å². The predicted molar refractivity (Wildman–Crippen MR) is 77.5 cm³/mol. The first-order valence-electron chi connectivity index (χ1n) is 6.98. The van der Waals surface area contributed by atoms with E-state index in [2.05, 4.69) is 62.5 Å². The van der Waals surface area contributed by atoms with Gasteiger partial charge in [0.2, 0.25) is 0 Å². The average molecular weight is 302 g/mol. The van der Waals surface area contributed by atoms with E-state index in [1.807, 2.05) is 0 Å². The third-order valence-electron chi connectivity index (χ3n) is 4.02. The summed E-state index contributed by atoms with van der Waals surface area (Å²) >= 11 is -0.964. The minimum absolute atomic E-state index is 0.518. The molecule has 0 aromatic rings. The van der Waals surface area contributed by atoms with Crippen molar-refractivity contribution < 1.29 is 0 Å². The summed E-state index contributed by atoms with van der Waals surface area (Å²) in [7, 11) is 0. The Kier molecular flexibility index (Phi) is 4.94. The van der Waals surface area contributed by atoms with Gasteiger partial charge < -0.3 is 0 Å². The average Bonchev–Trinajstić information content (AvgIpc) is 2.91. The Balaban J connectivity index is 2.17. The molecule has 2 rings (SSSR count). The maximum absolute atomic E-state index is 2.50. The van der Waals surface area contributed by atoms with Crippen LogP contribution in [0, 0.1) is 0 Å². The monoisotopic (exact) mass is 302 g/mol. The van der Waals surface area contributed by atoms with Crippen LogP contribution in [-0.2, 0) is 0 Å². The summed E-state index contributed by atoms with van der Waals surface area (Å²) in [6.07, 6.45) is 24.4.